The summed E-state index contributed by atoms with van der Waals surface area (Å²) in [6.45, 7) is 9.53. The van der Waals surface area contributed by atoms with Crippen molar-refractivity contribution in [3.63, 3.8) is 0 Å². The van der Waals surface area contributed by atoms with E-state index in [0.717, 1.165) is 19.3 Å². The van der Waals surface area contributed by atoms with Gasteiger partial charge in [0.1, 0.15) is 5.60 Å². The summed E-state index contributed by atoms with van der Waals surface area (Å²) in [5.74, 6) is -0.829. The van der Waals surface area contributed by atoms with Crippen molar-refractivity contribution in [2.75, 3.05) is 13.2 Å². The summed E-state index contributed by atoms with van der Waals surface area (Å²) in [7, 11) is 0. The van der Waals surface area contributed by atoms with Crippen LogP contribution in [0.3, 0.4) is 0 Å². The van der Waals surface area contributed by atoms with E-state index in [0.29, 0.717) is 38.5 Å². The number of hydrogen-bond acceptors (Lipinski definition) is 6. The quantitative estimate of drug-likeness (QED) is 0.171. The number of esters is 3. The largest absolute Gasteiger partial charge is 0.463 e. The van der Waals surface area contributed by atoms with Gasteiger partial charge in [-0.15, -0.1) is 0 Å². The first-order valence-electron chi connectivity index (χ1n) is 13.7. The van der Waals surface area contributed by atoms with Gasteiger partial charge in [0.05, 0.1) is 17.4 Å². The third-order valence-corrected chi connectivity index (χ3v) is 9.25. The standard InChI is InChI=1S/C28H43F3O6/c1-6-25(5,24(2,3)4)22(33)37-27-15-19-12-20(16-27)14-26(13-19,18-27)23(34)36-17-21(32)35-11-9-7-8-10-28(29,30)31/h19-20H,6-18H2,1-5H3. The number of carbonyl (C=O) groups is 3. The number of hydrogen-bond donors (Lipinski definition) is 0. The summed E-state index contributed by atoms with van der Waals surface area (Å²) >= 11 is 0. The SMILES string of the molecule is CCC(C)(C(=O)OC12CC3CC(C1)CC(C(=O)OCC(=O)OCCCCCC(F)(F)F)(C3)C2)C(C)(C)C. The molecule has 4 bridgehead atoms. The summed E-state index contributed by atoms with van der Waals surface area (Å²) in [5.41, 5.74) is -2.39. The molecule has 0 aromatic rings. The summed E-state index contributed by atoms with van der Waals surface area (Å²) in [6.07, 6.45) is 0.485. The van der Waals surface area contributed by atoms with Crippen LogP contribution in [0.4, 0.5) is 13.2 Å². The summed E-state index contributed by atoms with van der Waals surface area (Å²) in [5, 5.41) is 0. The molecule has 212 valence electrons. The van der Waals surface area contributed by atoms with E-state index in [1.807, 2.05) is 34.6 Å². The van der Waals surface area contributed by atoms with E-state index in [1.165, 1.54) is 0 Å². The van der Waals surface area contributed by atoms with Gasteiger partial charge in [-0.25, -0.2) is 4.79 Å². The average molecular weight is 533 g/mol. The Kier molecular flexibility index (Phi) is 8.65. The van der Waals surface area contributed by atoms with Crippen LogP contribution in [-0.2, 0) is 28.6 Å². The molecule has 0 spiro atoms. The van der Waals surface area contributed by atoms with Crippen LogP contribution in [-0.4, -0.2) is 42.9 Å². The summed E-state index contributed by atoms with van der Waals surface area (Å²) in [6, 6.07) is 0. The van der Waals surface area contributed by atoms with Crippen LogP contribution >= 0.6 is 0 Å². The van der Waals surface area contributed by atoms with Crippen molar-refractivity contribution in [3.8, 4) is 0 Å². The zero-order chi connectivity index (χ0) is 27.7. The molecule has 0 amide bonds. The fourth-order valence-corrected chi connectivity index (χ4v) is 6.94. The van der Waals surface area contributed by atoms with Gasteiger partial charge in [-0.3, -0.25) is 9.59 Å². The van der Waals surface area contributed by atoms with E-state index in [2.05, 4.69) is 0 Å². The highest BCUT2D eigenvalue weighted by molar-refractivity contribution is 5.82. The third kappa shape index (κ3) is 6.80. The van der Waals surface area contributed by atoms with Gasteiger partial charge in [0.2, 0.25) is 0 Å². The van der Waals surface area contributed by atoms with Crippen molar-refractivity contribution in [1.82, 2.24) is 0 Å². The van der Waals surface area contributed by atoms with E-state index in [4.69, 9.17) is 14.2 Å². The molecule has 6 nitrogen and oxygen atoms in total. The Hall–Kier alpha value is -1.80. The van der Waals surface area contributed by atoms with E-state index in [9.17, 15) is 27.6 Å². The Labute approximate surface area is 218 Å². The van der Waals surface area contributed by atoms with Crippen molar-refractivity contribution in [3.05, 3.63) is 0 Å². The molecule has 0 aromatic carbocycles. The lowest BCUT2D eigenvalue weighted by molar-refractivity contribution is -0.222. The zero-order valence-electron chi connectivity index (χ0n) is 22.9. The molecule has 4 saturated carbocycles. The highest BCUT2D eigenvalue weighted by atomic mass is 19.4. The topological polar surface area (TPSA) is 78.9 Å². The summed E-state index contributed by atoms with van der Waals surface area (Å²) < 4.78 is 53.3. The Morgan fingerprint density at radius 2 is 1.51 bits per heavy atom. The molecule has 37 heavy (non-hydrogen) atoms. The molecule has 0 aliphatic heterocycles. The lowest BCUT2D eigenvalue weighted by Crippen LogP contribution is -2.61. The number of halogens is 3. The van der Waals surface area contributed by atoms with Gasteiger partial charge in [0, 0.05) is 12.8 Å². The van der Waals surface area contributed by atoms with Gasteiger partial charge >= 0.3 is 24.1 Å². The maximum atomic E-state index is 13.5. The van der Waals surface area contributed by atoms with Gasteiger partial charge in [-0.05, 0) is 82.0 Å². The Balaban J connectivity index is 1.55. The van der Waals surface area contributed by atoms with E-state index in [1.54, 1.807) is 0 Å². The molecule has 3 atom stereocenters. The molecule has 0 saturated heterocycles. The van der Waals surface area contributed by atoms with Crippen LogP contribution in [0.2, 0.25) is 0 Å². The highest BCUT2D eigenvalue weighted by Gasteiger charge is 2.64. The second kappa shape index (κ2) is 10.8. The van der Waals surface area contributed by atoms with E-state index < -0.39 is 47.6 Å². The molecule has 0 N–H and O–H groups in total. The fraction of sp³-hybridized carbons (Fsp3) is 0.893. The van der Waals surface area contributed by atoms with Crippen molar-refractivity contribution in [2.45, 2.75) is 117 Å². The lowest BCUT2D eigenvalue weighted by Gasteiger charge is -2.60. The van der Waals surface area contributed by atoms with Crippen LogP contribution in [0, 0.1) is 28.1 Å². The molecule has 4 aliphatic rings. The minimum Gasteiger partial charge on any atom is -0.463 e. The molecule has 0 aromatic heterocycles. The molecule has 4 rings (SSSR count). The van der Waals surface area contributed by atoms with Gasteiger partial charge in [-0.1, -0.05) is 27.7 Å². The Morgan fingerprint density at radius 3 is 2.05 bits per heavy atom. The van der Waals surface area contributed by atoms with Crippen LogP contribution in [0.15, 0.2) is 0 Å². The number of rotatable bonds is 11. The molecule has 0 radical (unpaired) electrons. The van der Waals surface area contributed by atoms with E-state index >= 15 is 0 Å². The van der Waals surface area contributed by atoms with Gasteiger partial charge < -0.3 is 14.2 Å². The van der Waals surface area contributed by atoms with Crippen molar-refractivity contribution in [2.24, 2.45) is 28.1 Å². The molecular weight excluding hydrogens is 489 g/mol. The molecule has 4 fully saturated rings. The molecule has 3 unspecified atom stereocenters. The smallest absolute Gasteiger partial charge is 0.389 e. The molecule has 0 heterocycles. The molecule has 4 aliphatic carbocycles. The highest BCUT2D eigenvalue weighted by Crippen LogP contribution is 2.63. The van der Waals surface area contributed by atoms with Crippen LogP contribution in [0.25, 0.3) is 0 Å². The van der Waals surface area contributed by atoms with Gasteiger partial charge in [0.15, 0.2) is 6.61 Å². The Bertz CT molecular complexity index is 847. The predicted octanol–water partition coefficient (Wildman–Crippen LogP) is 6.54. The fourth-order valence-electron chi connectivity index (χ4n) is 6.94. The average Bonchev–Trinajstić information content (AvgIpc) is 2.76. The van der Waals surface area contributed by atoms with E-state index in [-0.39, 0.29) is 36.2 Å². The maximum Gasteiger partial charge on any atom is 0.389 e. The number of unbranched alkanes of at least 4 members (excludes halogenated alkanes) is 2. The van der Waals surface area contributed by atoms with Crippen molar-refractivity contribution >= 4 is 17.9 Å². The first-order valence-corrected chi connectivity index (χ1v) is 13.7. The minimum absolute atomic E-state index is 0.00737. The molecular formula is C28H43F3O6. The second-order valence-corrected chi connectivity index (χ2v) is 13.0. The molecule has 9 heteroatoms. The number of alkyl halides is 3. The number of carbonyl (C=O) groups excluding carboxylic acids is 3. The van der Waals surface area contributed by atoms with Gasteiger partial charge in [0.25, 0.3) is 0 Å². The van der Waals surface area contributed by atoms with Crippen molar-refractivity contribution in [1.29, 1.82) is 0 Å². The lowest BCUT2D eigenvalue weighted by atomic mass is 9.47. The number of ether oxygens (including phenoxy) is 3. The van der Waals surface area contributed by atoms with Crippen LogP contribution < -0.4 is 0 Å². The zero-order valence-corrected chi connectivity index (χ0v) is 22.9. The van der Waals surface area contributed by atoms with Crippen LogP contribution in [0.1, 0.15) is 105 Å². The first-order chi connectivity index (χ1) is 17.0. The monoisotopic (exact) mass is 532 g/mol. The minimum atomic E-state index is -4.18. The van der Waals surface area contributed by atoms with Crippen molar-refractivity contribution < 1.29 is 41.8 Å². The normalized spacial score (nSPS) is 30.5. The van der Waals surface area contributed by atoms with Crippen LogP contribution in [0.5, 0.6) is 0 Å². The third-order valence-electron chi connectivity index (χ3n) is 9.25. The van der Waals surface area contributed by atoms with Gasteiger partial charge in [-0.2, -0.15) is 13.2 Å². The maximum absolute atomic E-state index is 13.5. The Morgan fingerprint density at radius 1 is 0.892 bits per heavy atom. The first kappa shape index (κ1) is 29.8. The second-order valence-electron chi connectivity index (χ2n) is 13.0. The predicted molar refractivity (Wildman–Crippen MR) is 130 cm³/mol. The summed E-state index contributed by atoms with van der Waals surface area (Å²) in [4.78, 5) is 38.8.